The van der Waals surface area contributed by atoms with E-state index in [9.17, 15) is 9.59 Å². The minimum atomic E-state index is -0.105. The molecule has 0 bridgehead atoms. The first kappa shape index (κ1) is 17.5. The van der Waals surface area contributed by atoms with Gasteiger partial charge in [-0.3, -0.25) is 9.59 Å². The molecule has 4 nitrogen and oxygen atoms in total. The van der Waals surface area contributed by atoms with Crippen molar-refractivity contribution in [3.8, 4) is 0 Å². The lowest BCUT2D eigenvalue weighted by atomic mass is 10.1. The topological polar surface area (TPSA) is 49.4 Å². The molecule has 1 N–H and O–H groups in total. The highest BCUT2D eigenvalue weighted by Crippen LogP contribution is 2.12. The van der Waals surface area contributed by atoms with Crippen molar-refractivity contribution >= 4 is 23.6 Å². The third-order valence-electron chi connectivity index (χ3n) is 3.69. The zero-order valence-electron chi connectivity index (χ0n) is 14.2. The van der Waals surface area contributed by atoms with Gasteiger partial charge in [0.15, 0.2) is 0 Å². The van der Waals surface area contributed by atoms with Gasteiger partial charge in [-0.15, -0.1) is 0 Å². The van der Waals surface area contributed by atoms with E-state index >= 15 is 0 Å². The number of rotatable bonds is 5. The Morgan fingerprint density at radius 1 is 1.08 bits per heavy atom. The van der Waals surface area contributed by atoms with Gasteiger partial charge in [0.05, 0.1) is 0 Å². The molecule has 0 heterocycles. The summed E-state index contributed by atoms with van der Waals surface area (Å²) in [5.41, 5.74) is 3.96. The lowest BCUT2D eigenvalue weighted by Crippen LogP contribution is -2.24. The minimum absolute atomic E-state index is 0.0517. The van der Waals surface area contributed by atoms with Crippen molar-refractivity contribution in [2.24, 2.45) is 0 Å². The van der Waals surface area contributed by atoms with Crippen molar-refractivity contribution in [3.63, 3.8) is 0 Å². The van der Waals surface area contributed by atoms with Crippen LogP contribution in [0.15, 0.2) is 54.6 Å². The second-order valence-corrected chi connectivity index (χ2v) is 5.76. The summed E-state index contributed by atoms with van der Waals surface area (Å²) in [6, 6.07) is 15.4. The minimum Gasteiger partial charge on any atom is -0.338 e. The van der Waals surface area contributed by atoms with Gasteiger partial charge in [0, 0.05) is 32.3 Å². The number of nitrogens with one attached hydrogen (secondary N) is 1. The zero-order valence-corrected chi connectivity index (χ0v) is 14.2. The van der Waals surface area contributed by atoms with Crippen molar-refractivity contribution in [3.05, 3.63) is 71.3 Å². The number of hydrogen-bond donors (Lipinski definition) is 1. The molecule has 0 aliphatic rings. The number of aryl methyl sites for hydroxylation is 1. The SMILES string of the molecule is CC(=O)Nc1ccc(/C=C\C(=O)N(C)Cc2ccccc2C)cc1. The normalized spacial score (nSPS) is 10.6. The summed E-state index contributed by atoms with van der Waals surface area (Å²) in [5.74, 6) is -0.157. The van der Waals surface area contributed by atoms with E-state index in [1.165, 1.54) is 12.5 Å². The van der Waals surface area contributed by atoms with E-state index in [1.54, 1.807) is 24.1 Å². The number of hydrogen-bond acceptors (Lipinski definition) is 2. The monoisotopic (exact) mass is 322 g/mol. The van der Waals surface area contributed by atoms with Crippen LogP contribution in [-0.2, 0) is 16.1 Å². The molecule has 24 heavy (non-hydrogen) atoms. The van der Waals surface area contributed by atoms with Crippen LogP contribution >= 0.6 is 0 Å². The number of amides is 2. The van der Waals surface area contributed by atoms with Crippen LogP contribution in [0, 0.1) is 6.92 Å². The summed E-state index contributed by atoms with van der Waals surface area (Å²) in [5, 5.41) is 2.71. The summed E-state index contributed by atoms with van der Waals surface area (Å²) in [4.78, 5) is 24.9. The van der Waals surface area contributed by atoms with Crippen LogP contribution in [0.4, 0.5) is 5.69 Å². The van der Waals surface area contributed by atoms with Gasteiger partial charge in [0.2, 0.25) is 11.8 Å². The zero-order chi connectivity index (χ0) is 17.5. The Balaban J connectivity index is 1.96. The predicted octanol–water partition coefficient (Wildman–Crippen LogP) is 3.63. The molecule has 4 heteroatoms. The first-order valence-corrected chi connectivity index (χ1v) is 7.81. The first-order chi connectivity index (χ1) is 11.5. The molecule has 0 spiro atoms. The lowest BCUT2D eigenvalue weighted by Gasteiger charge is -2.16. The van der Waals surface area contributed by atoms with Crippen LogP contribution < -0.4 is 5.32 Å². The van der Waals surface area contributed by atoms with E-state index in [2.05, 4.69) is 5.32 Å². The van der Waals surface area contributed by atoms with Crippen molar-refractivity contribution in [2.75, 3.05) is 12.4 Å². The first-order valence-electron chi connectivity index (χ1n) is 7.81. The Labute approximate surface area is 142 Å². The van der Waals surface area contributed by atoms with Gasteiger partial charge >= 0.3 is 0 Å². The lowest BCUT2D eigenvalue weighted by molar-refractivity contribution is -0.125. The largest absolute Gasteiger partial charge is 0.338 e. The van der Waals surface area contributed by atoms with Gasteiger partial charge in [-0.05, 0) is 41.8 Å². The highest BCUT2D eigenvalue weighted by Gasteiger charge is 2.07. The van der Waals surface area contributed by atoms with Crippen LogP contribution in [-0.4, -0.2) is 23.8 Å². The molecule has 0 aromatic heterocycles. The quantitative estimate of drug-likeness (QED) is 0.855. The number of benzene rings is 2. The molecular formula is C20H22N2O2. The van der Waals surface area contributed by atoms with Gasteiger partial charge in [-0.1, -0.05) is 36.4 Å². The average molecular weight is 322 g/mol. The molecule has 2 aromatic rings. The summed E-state index contributed by atoms with van der Waals surface area (Å²) in [6.07, 6.45) is 3.33. The van der Waals surface area contributed by atoms with Crippen LogP contribution in [0.5, 0.6) is 0 Å². The number of nitrogens with zero attached hydrogens (tertiary/aromatic N) is 1. The highest BCUT2D eigenvalue weighted by atomic mass is 16.2. The molecule has 0 saturated carbocycles. The summed E-state index contributed by atoms with van der Waals surface area (Å²) in [6.45, 7) is 4.09. The third-order valence-corrected chi connectivity index (χ3v) is 3.69. The van der Waals surface area contributed by atoms with Gasteiger partial charge in [0.25, 0.3) is 0 Å². The van der Waals surface area contributed by atoms with E-state index in [4.69, 9.17) is 0 Å². The Bertz CT molecular complexity index is 748. The van der Waals surface area contributed by atoms with E-state index in [-0.39, 0.29) is 11.8 Å². The van der Waals surface area contributed by atoms with Gasteiger partial charge in [0.1, 0.15) is 0 Å². The Hall–Kier alpha value is -2.88. The molecule has 2 rings (SSSR count). The molecule has 0 saturated heterocycles. The maximum atomic E-state index is 12.2. The van der Waals surface area contributed by atoms with Gasteiger partial charge in [-0.2, -0.15) is 0 Å². The molecule has 0 radical (unpaired) electrons. The van der Waals surface area contributed by atoms with Gasteiger partial charge < -0.3 is 10.2 Å². The number of carbonyl (C=O) groups excluding carboxylic acids is 2. The molecule has 2 amide bonds. The standard InChI is InChI=1S/C20H22N2O2/c1-15-6-4-5-7-18(15)14-22(3)20(24)13-10-17-8-11-19(12-9-17)21-16(2)23/h4-13H,14H2,1-3H3,(H,21,23)/b13-10-. The molecule has 0 fully saturated rings. The second kappa shape index (κ2) is 8.11. The van der Waals surface area contributed by atoms with Crippen molar-refractivity contribution in [1.29, 1.82) is 0 Å². The van der Waals surface area contributed by atoms with Crippen molar-refractivity contribution in [2.45, 2.75) is 20.4 Å². The van der Waals surface area contributed by atoms with E-state index in [0.29, 0.717) is 6.54 Å². The number of anilines is 1. The van der Waals surface area contributed by atoms with Crippen LogP contribution in [0.2, 0.25) is 0 Å². The highest BCUT2D eigenvalue weighted by molar-refractivity contribution is 5.92. The van der Waals surface area contributed by atoms with E-state index in [0.717, 1.165) is 16.8 Å². The number of carbonyl (C=O) groups is 2. The van der Waals surface area contributed by atoms with E-state index in [1.807, 2.05) is 55.5 Å². The molecule has 0 aliphatic heterocycles. The fourth-order valence-electron chi connectivity index (χ4n) is 2.30. The predicted molar refractivity (Wildman–Crippen MR) is 97.4 cm³/mol. The molecule has 124 valence electrons. The summed E-state index contributed by atoms with van der Waals surface area (Å²) in [7, 11) is 1.79. The van der Waals surface area contributed by atoms with E-state index < -0.39 is 0 Å². The molecule has 0 aliphatic carbocycles. The maximum Gasteiger partial charge on any atom is 0.246 e. The summed E-state index contributed by atoms with van der Waals surface area (Å²) < 4.78 is 0. The van der Waals surface area contributed by atoms with Crippen LogP contribution in [0.3, 0.4) is 0 Å². The molecular weight excluding hydrogens is 300 g/mol. The molecule has 2 aromatic carbocycles. The summed E-state index contributed by atoms with van der Waals surface area (Å²) >= 11 is 0. The van der Waals surface area contributed by atoms with Gasteiger partial charge in [-0.25, -0.2) is 0 Å². The fraction of sp³-hybridized carbons (Fsp3) is 0.200. The molecule has 0 atom stereocenters. The second-order valence-electron chi connectivity index (χ2n) is 5.76. The fourth-order valence-corrected chi connectivity index (χ4v) is 2.30. The van der Waals surface area contributed by atoms with Crippen molar-refractivity contribution in [1.82, 2.24) is 4.90 Å². The Morgan fingerprint density at radius 2 is 1.75 bits per heavy atom. The molecule has 0 unspecified atom stereocenters. The maximum absolute atomic E-state index is 12.2. The Kier molecular flexibility index (Phi) is 5.90. The average Bonchev–Trinajstić information content (AvgIpc) is 2.55. The van der Waals surface area contributed by atoms with Crippen LogP contribution in [0.1, 0.15) is 23.6 Å². The smallest absolute Gasteiger partial charge is 0.246 e. The number of likely N-dealkylation sites (N-methyl/N-ethyl adjacent to an activating group) is 1. The third kappa shape index (κ3) is 5.09. The van der Waals surface area contributed by atoms with Crippen LogP contribution in [0.25, 0.3) is 6.08 Å². The Morgan fingerprint density at radius 3 is 2.38 bits per heavy atom. The van der Waals surface area contributed by atoms with Crippen molar-refractivity contribution < 1.29 is 9.59 Å².